The van der Waals surface area contributed by atoms with Crippen molar-refractivity contribution in [3.05, 3.63) is 77.0 Å². The van der Waals surface area contributed by atoms with Gasteiger partial charge in [-0.05, 0) is 60.9 Å². The van der Waals surface area contributed by atoms with Crippen molar-refractivity contribution in [2.45, 2.75) is 27.7 Å². The molecule has 0 atom stereocenters. The summed E-state index contributed by atoms with van der Waals surface area (Å²) in [6.45, 7) is 8.74. The minimum atomic E-state index is 0.953. The molecule has 0 saturated carbocycles. The molecule has 1 aliphatic heterocycles. The first-order valence-electron chi connectivity index (χ1n) is 10.5. The standard InChI is InChI=1S/C28H24NO/c1-15-6-8-19-14-24-26-21(23(19)13-15)10-11-29(5)27(26)25-17(3)22-12-16(2)7-9-20(22)18(4)28(25)30-24/h6-14H,1-5H3/q+1. The van der Waals surface area contributed by atoms with Gasteiger partial charge in [-0.15, -0.1) is 0 Å². The average molecular weight is 391 g/mol. The second kappa shape index (κ2) is 5.82. The minimum Gasteiger partial charge on any atom is -0.455 e. The summed E-state index contributed by atoms with van der Waals surface area (Å²) in [6, 6.07) is 17.8. The zero-order chi connectivity index (χ0) is 20.7. The van der Waals surface area contributed by atoms with Gasteiger partial charge in [0.2, 0.25) is 5.69 Å². The predicted octanol–water partition coefficient (Wildman–Crippen LogP) is 6.98. The highest BCUT2D eigenvalue weighted by Crippen LogP contribution is 2.51. The minimum absolute atomic E-state index is 0.953. The van der Waals surface area contributed by atoms with Crippen molar-refractivity contribution < 1.29 is 9.30 Å². The number of fused-ring (bicyclic) bond motifs is 5. The average Bonchev–Trinajstić information content (AvgIpc) is 2.73. The quantitative estimate of drug-likeness (QED) is 0.201. The number of aromatic nitrogens is 1. The van der Waals surface area contributed by atoms with Crippen LogP contribution in [0.1, 0.15) is 22.3 Å². The summed E-state index contributed by atoms with van der Waals surface area (Å²) in [5.74, 6) is 1.94. The van der Waals surface area contributed by atoms with Crippen molar-refractivity contribution >= 4 is 32.3 Å². The van der Waals surface area contributed by atoms with E-state index in [2.05, 4.69) is 94.0 Å². The lowest BCUT2D eigenvalue weighted by Crippen LogP contribution is -2.32. The molecule has 2 heterocycles. The Morgan fingerprint density at radius 1 is 0.700 bits per heavy atom. The van der Waals surface area contributed by atoms with Crippen LogP contribution in [0.4, 0.5) is 0 Å². The van der Waals surface area contributed by atoms with E-state index in [9.17, 15) is 0 Å². The fourth-order valence-electron chi connectivity index (χ4n) is 5.18. The summed E-state index contributed by atoms with van der Waals surface area (Å²) >= 11 is 0. The van der Waals surface area contributed by atoms with Gasteiger partial charge >= 0.3 is 0 Å². The van der Waals surface area contributed by atoms with Crippen LogP contribution in [-0.4, -0.2) is 0 Å². The first-order chi connectivity index (χ1) is 14.4. The van der Waals surface area contributed by atoms with Crippen molar-refractivity contribution in [3.63, 3.8) is 0 Å². The Labute approximate surface area is 176 Å². The summed E-state index contributed by atoms with van der Waals surface area (Å²) in [7, 11) is 2.14. The molecule has 2 heteroatoms. The van der Waals surface area contributed by atoms with Crippen molar-refractivity contribution in [2.24, 2.45) is 7.05 Å². The highest BCUT2D eigenvalue weighted by molar-refractivity contribution is 6.16. The van der Waals surface area contributed by atoms with Gasteiger partial charge in [0.25, 0.3) is 0 Å². The number of hydrogen-bond acceptors (Lipinski definition) is 1. The van der Waals surface area contributed by atoms with Crippen LogP contribution in [0, 0.1) is 27.7 Å². The van der Waals surface area contributed by atoms with E-state index in [1.165, 1.54) is 65.8 Å². The first-order valence-corrected chi connectivity index (χ1v) is 10.5. The summed E-state index contributed by atoms with van der Waals surface area (Å²) in [5, 5.41) is 7.55. The Hall–Kier alpha value is -3.39. The fraction of sp³-hybridized carbons (Fsp3) is 0.179. The molecule has 5 aromatic rings. The van der Waals surface area contributed by atoms with E-state index >= 15 is 0 Å². The van der Waals surface area contributed by atoms with Crippen LogP contribution >= 0.6 is 0 Å². The molecule has 0 radical (unpaired) electrons. The summed E-state index contributed by atoms with van der Waals surface area (Å²) < 4.78 is 8.93. The van der Waals surface area contributed by atoms with Crippen LogP contribution < -0.4 is 9.30 Å². The van der Waals surface area contributed by atoms with Gasteiger partial charge in [0.05, 0.1) is 10.9 Å². The van der Waals surface area contributed by atoms with Gasteiger partial charge in [0.15, 0.2) is 6.20 Å². The molecular formula is C28H24NO+. The molecule has 0 unspecified atom stereocenters. The molecule has 30 heavy (non-hydrogen) atoms. The van der Waals surface area contributed by atoms with Crippen molar-refractivity contribution in [1.82, 2.24) is 0 Å². The first kappa shape index (κ1) is 17.5. The third kappa shape index (κ3) is 2.16. The molecule has 4 aromatic carbocycles. The molecule has 0 fully saturated rings. The lowest BCUT2D eigenvalue weighted by Gasteiger charge is -2.24. The Morgan fingerprint density at radius 3 is 2.23 bits per heavy atom. The van der Waals surface area contributed by atoms with Crippen LogP contribution in [0.3, 0.4) is 0 Å². The summed E-state index contributed by atoms with van der Waals surface area (Å²) in [4.78, 5) is 0. The zero-order valence-corrected chi connectivity index (χ0v) is 18.1. The fourth-order valence-corrected chi connectivity index (χ4v) is 5.18. The maximum absolute atomic E-state index is 6.68. The maximum atomic E-state index is 6.68. The zero-order valence-electron chi connectivity index (χ0n) is 18.1. The number of nitrogens with zero attached hydrogens (tertiary/aromatic N) is 1. The second-order valence-electron chi connectivity index (χ2n) is 8.77. The molecule has 0 spiro atoms. The lowest BCUT2D eigenvalue weighted by molar-refractivity contribution is -0.659. The van der Waals surface area contributed by atoms with Crippen LogP contribution in [-0.2, 0) is 7.05 Å². The molecule has 1 aromatic heterocycles. The van der Waals surface area contributed by atoms with Crippen LogP contribution in [0.25, 0.3) is 43.6 Å². The highest BCUT2D eigenvalue weighted by atomic mass is 16.5. The molecule has 0 N–H and O–H groups in total. The van der Waals surface area contributed by atoms with Crippen molar-refractivity contribution in [2.75, 3.05) is 0 Å². The van der Waals surface area contributed by atoms with E-state index in [0.29, 0.717) is 0 Å². The Morgan fingerprint density at radius 2 is 1.43 bits per heavy atom. The van der Waals surface area contributed by atoms with Gasteiger partial charge in [0, 0.05) is 17.0 Å². The van der Waals surface area contributed by atoms with E-state index in [1.54, 1.807) is 0 Å². The van der Waals surface area contributed by atoms with E-state index in [1.807, 2.05) is 0 Å². The number of rotatable bonds is 0. The predicted molar refractivity (Wildman–Crippen MR) is 125 cm³/mol. The molecule has 0 saturated heterocycles. The number of ether oxygens (including phenoxy) is 1. The van der Waals surface area contributed by atoms with E-state index in [0.717, 1.165) is 11.5 Å². The topological polar surface area (TPSA) is 13.1 Å². The van der Waals surface area contributed by atoms with E-state index in [-0.39, 0.29) is 0 Å². The van der Waals surface area contributed by atoms with Crippen molar-refractivity contribution in [1.29, 1.82) is 0 Å². The molecular weight excluding hydrogens is 366 g/mol. The van der Waals surface area contributed by atoms with Crippen molar-refractivity contribution in [3.8, 4) is 22.8 Å². The van der Waals surface area contributed by atoms with Crippen LogP contribution in [0.2, 0.25) is 0 Å². The molecule has 0 aliphatic carbocycles. The van der Waals surface area contributed by atoms with Crippen LogP contribution in [0.5, 0.6) is 11.5 Å². The Kier molecular flexibility index (Phi) is 3.39. The number of pyridine rings is 1. The Balaban J connectivity index is 1.85. The molecule has 6 rings (SSSR count). The second-order valence-corrected chi connectivity index (χ2v) is 8.77. The monoisotopic (exact) mass is 390 g/mol. The molecule has 0 bridgehead atoms. The Bertz CT molecular complexity index is 1560. The van der Waals surface area contributed by atoms with Gasteiger partial charge in [-0.25, -0.2) is 4.57 Å². The number of hydrogen-bond donors (Lipinski definition) is 0. The van der Waals surface area contributed by atoms with Gasteiger partial charge in [0.1, 0.15) is 18.5 Å². The molecule has 1 aliphatic rings. The highest BCUT2D eigenvalue weighted by Gasteiger charge is 2.32. The van der Waals surface area contributed by atoms with Crippen LogP contribution in [0.15, 0.2) is 54.7 Å². The maximum Gasteiger partial charge on any atom is 0.228 e. The van der Waals surface area contributed by atoms with Gasteiger partial charge in [-0.2, -0.15) is 0 Å². The number of aryl methyl sites for hydroxylation is 5. The third-order valence-electron chi connectivity index (χ3n) is 6.73. The summed E-state index contributed by atoms with van der Waals surface area (Å²) in [5.41, 5.74) is 7.52. The SMILES string of the molecule is Cc1ccc2c(C)c3c(c(C)c2c1)-c1c2c(cc4ccc(C)cc4c2cc[n+]1C)O3. The lowest BCUT2D eigenvalue weighted by atomic mass is 9.87. The largest absolute Gasteiger partial charge is 0.455 e. The van der Waals surface area contributed by atoms with Gasteiger partial charge < -0.3 is 4.74 Å². The smallest absolute Gasteiger partial charge is 0.228 e. The van der Waals surface area contributed by atoms with E-state index in [4.69, 9.17) is 4.74 Å². The normalized spacial score (nSPS) is 12.4. The molecule has 146 valence electrons. The van der Waals surface area contributed by atoms with Gasteiger partial charge in [-0.3, -0.25) is 0 Å². The third-order valence-corrected chi connectivity index (χ3v) is 6.73. The molecule has 0 amide bonds. The summed E-state index contributed by atoms with van der Waals surface area (Å²) in [6.07, 6.45) is 2.19. The van der Waals surface area contributed by atoms with E-state index < -0.39 is 0 Å². The molecule has 2 nitrogen and oxygen atoms in total. The van der Waals surface area contributed by atoms with Gasteiger partial charge in [-0.1, -0.05) is 47.5 Å². The number of benzene rings is 4.